The van der Waals surface area contributed by atoms with Crippen LogP contribution in [0.25, 0.3) is 10.9 Å². The summed E-state index contributed by atoms with van der Waals surface area (Å²) in [6.07, 6.45) is 5.17. The Morgan fingerprint density at radius 2 is 2.06 bits per heavy atom. The summed E-state index contributed by atoms with van der Waals surface area (Å²) in [5, 5.41) is 22.1. The van der Waals surface area contributed by atoms with Crippen molar-refractivity contribution in [2.24, 2.45) is 13.0 Å². The predicted molar refractivity (Wildman–Crippen MR) is 143 cm³/mol. The van der Waals surface area contributed by atoms with Crippen LogP contribution in [0.4, 0.5) is 23.3 Å². The Morgan fingerprint density at radius 3 is 2.81 bits per heavy atom. The van der Waals surface area contributed by atoms with Gasteiger partial charge in [0, 0.05) is 49.1 Å². The first kappa shape index (κ1) is 23.8. The van der Waals surface area contributed by atoms with Crippen LogP contribution in [0.3, 0.4) is 0 Å². The van der Waals surface area contributed by atoms with Gasteiger partial charge in [-0.2, -0.15) is 15.3 Å². The van der Waals surface area contributed by atoms with Gasteiger partial charge in [-0.05, 0) is 56.0 Å². The van der Waals surface area contributed by atoms with Gasteiger partial charge in [-0.1, -0.05) is 18.5 Å². The number of nitriles is 1. The number of hydrogen-bond acceptors (Lipinski definition) is 8. The van der Waals surface area contributed by atoms with Crippen molar-refractivity contribution >= 4 is 45.8 Å². The number of nitrogens with one attached hydrogen (secondary N) is 2. The molecule has 0 aliphatic carbocycles. The summed E-state index contributed by atoms with van der Waals surface area (Å²) in [6.45, 7) is 5.96. The third-order valence-electron chi connectivity index (χ3n) is 6.91. The minimum absolute atomic E-state index is 0.220. The zero-order chi connectivity index (χ0) is 25.2. The van der Waals surface area contributed by atoms with E-state index in [0.29, 0.717) is 28.3 Å². The van der Waals surface area contributed by atoms with Crippen molar-refractivity contribution in [2.45, 2.75) is 32.7 Å². The van der Waals surface area contributed by atoms with Crippen molar-refractivity contribution in [3.8, 4) is 6.07 Å². The van der Waals surface area contributed by atoms with Crippen LogP contribution in [-0.2, 0) is 7.05 Å². The second-order valence-electron chi connectivity index (χ2n) is 9.13. The van der Waals surface area contributed by atoms with Crippen LogP contribution in [0.2, 0.25) is 5.02 Å². The SMILES string of the molecule is CCC1CN(c2ccc(C#N)cn2)CCC1Nc1nc(Nc2ccc3c(C)n(C)nc3c2)ncc1Cl. The first-order valence-corrected chi connectivity index (χ1v) is 12.4. The largest absolute Gasteiger partial charge is 0.366 e. The zero-order valence-electron chi connectivity index (χ0n) is 20.5. The molecule has 2 N–H and O–H groups in total. The molecule has 2 unspecified atom stereocenters. The summed E-state index contributed by atoms with van der Waals surface area (Å²) in [6, 6.07) is 12.1. The number of rotatable bonds is 6. The van der Waals surface area contributed by atoms with Crippen molar-refractivity contribution < 1.29 is 0 Å². The number of pyridine rings is 1. The predicted octanol–water partition coefficient (Wildman–Crippen LogP) is 5.05. The van der Waals surface area contributed by atoms with Gasteiger partial charge in [0.05, 0.1) is 17.3 Å². The molecule has 1 aliphatic rings. The molecule has 0 saturated carbocycles. The smallest absolute Gasteiger partial charge is 0.229 e. The van der Waals surface area contributed by atoms with E-state index in [9.17, 15) is 0 Å². The highest BCUT2D eigenvalue weighted by Crippen LogP contribution is 2.30. The summed E-state index contributed by atoms with van der Waals surface area (Å²) >= 11 is 6.49. The first-order chi connectivity index (χ1) is 17.4. The van der Waals surface area contributed by atoms with E-state index >= 15 is 0 Å². The quantitative estimate of drug-likeness (QED) is 0.378. The maximum Gasteiger partial charge on any atom is 0.229 e. The molecule has 1 aliphatic heterocycles. The molecule has 1 fully saturated rings. The number of piperidine rings is 1. The van der Waals surface area contributed by atoms with Crippen LogP contribution in [0.5, 0.6) is 0 Å². The third kappa shape index (κ3) is 4.77. The number of aromatic nitrogens is 5. The standard InChI is InChI=1S/C26H28ClN9/c1-4-18-15-36(24-8-5-17(12-28)13-29-24)10-9-22(18)32-25-21(27)14-30-26(33-25)31-19-6-7-20-16(2)35(3)34-23(20)11-19/h5-8,11,13-14,18,22H,4,9-10,15H2,1-3H3,(H2,30,31,32,33). The molecule has 4 aromatic rings. The number of fused-ring (bicyclic) bond motifs is 1. The number of benzene rings is 1. The van der Waals surface area contributed by atoms with Crippen molar-refractivity contribution in [1.29, 1.82) is 5.26 Å². The molecule has 0 radical (unpaired) electrons. The average molecular weight is 502 g/mol. The summed E-state index contributed by atoms with van der Waals surface area (Å²) in [4.78, 5) is 15.8. The summed E-state index contributed by atoms with van der Waals surface area (Å²) in [5.41, 5.74) is 3.47. The van der Waals surface area contributed by atoms with E-state index in [1.807, 2.05) is 36.0 Å². The molecule has 1 aromatic carbocycles. The molecule has 5 rings (SSSR count). The van der Waals surface area contributed by atoms with E-state index < -0.39 is 0 Å². The van der Waals surface area contributed by atoms with Crippen LogP contribution in [-0.4, -0.2) is 43.9 Å². The number of aryl methyl sites for hydroxylation is 2. The van der Waals surface area contributed by atoms with Crippen molar-refractivity contribution in [2.75, 3.05) is 28.6 Å². The topological polar surface area (TPSA) is 108 Å². The Labute approximate surface area is 215 Å². The van der Waals surface area contributed by atoms with Gasteiger partial charge >= 0.3 is 0 Å². The van der Waals surface area contributed by atoms with Crippen molar-refractivity contribution in [1.82, 2.24) is 24.7 Å². The molecule has 3 aromatic heterocycles. The highest BCUT2D eigenvalue weighted by molar-refractivity contribution is 6.32. The number of nitrogens with zero attached hydrogens (tertiary/aromatic N) is 7. The van der Waals surface area contributed by atoms with Crippen LogP contribution in [0, 0.1) is 24.2 Å². The molecule has 9 nitrogen and oxygen atoms in total. The fourth-order valence-corrected chi connectivity index (χ4v) is 4.87. The molecule has 10 heteroatoms. The first-order valence-electron chi connectivity index (χ1n) is 12.1. The lowest BCUT2D eigenvalue weighted by molar-refractivity contribution is 0.365. The normalized spacial score (nSPS) is 17.7. The fraction of sp³-hybridized carbons (Fsp3) is 0.346. The summed E-state index contributed by atoms with van der Waals surface area (Å²) < 4.78 is 1.88. The van der Waals surface area contributed by atoms with Gasteiger partial charge in [-0.25, -0.2) is 9.97 Å². The highest BCUT2D eigenvalue weighted by atomic mass is 35.5. The summed E-state index contributed by atoms with van der Waals surface area (Å²) in [7, 11) is 1.94. The minimum Gasteiger partial charge on any atom is -0.366 e. The van der Waals surface area contributed by atoms with Gasteiger partial charge in [0.2, 0.25) is 5.95 Å². The Balaban J connectivity index is 1.29. The summed E-state index contributed by atoms with van der Waals surface area (Å²) in [5.74, 6) is 2.38. The highest BCUT2D eigenvalue weighted by Gasteiger charge is 2.29. The fourth-order valence-electron chi connectivity index (χ4n) is 4.73. The lowest BCUT2D eigenvalue weighted by atomic mass is 9.90. The molecule has 1 saturated heterocycles. The molecular weight excluding hydrogens is 474 g/mol. The molecule has 0 spiro atoms. The van der Waals surface area contributed by atoms with Gasteiger partial charge in [-0.3, -0.25) is 4.68 Å². The Hall–Kier alpha value is -3.90. The average Bonchev–Trinajstić information content (AvgIpc) is 3.18. The van der Waals surface area contributed by atoms with E-state index in [0.717, 1.165) is 54.0 Å². The Bertz CT molecular complexity index is 1420. The lowest BCUT2D eigenvalue weighted by Crippen LogP contribution is -2.46. The number of hydrogen-bond donors (Lipinski definition) is 2. The van der Waals surface area contributed by atoms with Crippen molar-refractivity contribution in [3.05, 3.63) is 59.0 Å². The van der Waals surface area contributed by atoms with Crippen LogP contribution in [0.1, 0.15) is 31.0 Å². The van der Waals surface area contributed by atoms with Crippen LogP contribution in [0.15, 0.2) is 42.7 Å². The second kappa shape index (κ2) is 9.99. The monoisotopic (exact) mass is 501 g/mol. The van der Waals surface area contributed by atoms with E-state index in [2.05, 4.69) is 61.6 Å². The van der Waals surface area contributed by atoms with Crippen molar-refractivity contribution in [3.63, 3.8) is 0 Å². The van der Waals surface area contributed by atoms with E-state index in [4.69, 9.17) is 16.9 Å². The van der Waals surface area contributed by atoms with E-state index in [1.165, 1.54) is 0 Å². The molecule has 0 bridgehead atoms. The molecular formula is C26H28ClN9. The van der Waals surface area contributed by atoms with Gasteiger partial charge in [0.15, 0.2) is 5.82 Å². The van der Waals surface area contributed by atoms with Gasteiger partial charge in [0.1, 0.15) is 16.9 Å². The zero-order valence-corrected chi connectivity index (χ0v) is 21.3. The second-order valence-corrected chi connectivity index (χ2v) is 9.53. The molecule has 2 atom stereocenters. The van der Waals surface area contributed by atoms with Gasteiger partial charge in [0.25, 0.3) is 0 Å². The maximum atomic E-state index is 9.03. The Morgan fingerprint density at radius 1 is 1.19 bits per heavy atom. The minimum atomic E-state index is 0.220. The number of anilines is 4. The van der Waals surface area contributed by atoms with E-state index in [-0.39, 0.29) is 6.04 Å². The third-order valence-corrected chi connectivity index (χ3v) is 7.19. The Kier molecular flexibility index (Phi) is 6.61. The van der Waals surface area contributed by atoms with Crippen LogP contribution >= 0.6 is 11.6 Å². The molecule has 36 heavy (non-hydrogen) atoms. The number of halogens is 1. The lowest BCUT2D eigenvalue weighted by Gasteiger charge is -2.39. The van der Waals surface area contributed by atoms with Gasteiger partial charge < -0.3 is 15.5 Å². The molecule has 184 valence electrons. The maximum absolute atomic E-state index is 9.03. The van der Waals surface area contributed by atoms with E-state index in [1.54, 1.807) is 12.4 Å². The van der Waals surface area contributed by atoms with Gasteiger partial charge in [-0.15, -0.1) is 0 Å². The molecule has 4 heterocycles. The van der Waals surface area contributed by atoms with Crippen LogP contribution < -0.4 is 15.5 Å². The molecule has 0 amide bonds.